The zero-order valence-corrected chi connectivity index (χ0v) is 11.3. The average Bonchev–Trinajstić information content (AvgIpc) is 2.48. The molecule has 0 fully saturated rings. The molecule has 0 aliphatic rings. The van der Waals surface area contributed by atoms with Crippen molar-refractivity contribution >= 4 is 17.1 Å². The number of halogens is 4. The number of aromatic nitrogens is 1. The number of hydrogen-bond acceptors (Lipinski definition) is 4. The highest BCUT2D eigenvalue weighted by Gasteiger charge is 2.34. The summed E-state index contributed by atoms with van der Waals surface area (Å²) in [7, 11) is 0. The SMILES string of the molecule is CC(=NO)c1ccc(Nc2c(F)cccc2C(F)(F)F)cn1. The van der Waals surface area contributed by atoms with E-state index < -0.39 is 23.2 Å². The number of oxime groups is 1. The lowest BCUT2D eigenvalue weighted by Crippen LogP contribution is -2.10. The van der Waals surface area contributed by atoms with Crippen LogP contribution in [0.4, 0.5) is 28.9 Å². The summed E-state index contributed by atoms with van der Waals surface area (Å²) in [6, 6.07) is 5.55. The number of anilines is 2. The second kappa shape index (κ2) is 6.00. The van der Waals surface area contributed by atoms with Crippen molar-refractivity contribution < 1.29 is 22.8 Å². The van der Waals surface area contributed by atoms with Crippen LogP contribution in [0.1, 0.15) is 18.2 Å². The van der Waals surface area contributed by atoms with Crippen molar-refractivity contribution in [3.8, 4) is 0 Å². The van der Waals surface area contributed by atoms with Gasteiger partial charge in [0.25, 0.3) is 0 Å². The fraction of sp³-hybridized carbons (Fsp3) is 0.143. The molecule has 0 unspecified atom stereocenters. The Hall–Kier alpha value is -2.64. The van der Waals surface area contributed by atoms with Crippen molar-refractivity contribution in [3.05, 3.63) is 53.6 Å². The van der Waals surface area contributed by atoms with E-state index in [-0.39, 0.29) is 11.4 Å². The first-order valence-corrected chi connectivity index (χ1v) is 6.10. The molecule has 0 aliphatic carbocycles. The molecule has 22 heavy (non-hydrogen) atoms. The Bertz CT molecular complexity index is 696. The zero-order valence-electron chi connectivity index (χ0n) is 11.3. The number of nitrogens with one attached hydrogen (secondary N) is 1. The first kappa shape index (κ1) is 15.7. The van der Waals surface area contributed by atoms with Crippen LogP contribution in [0.25, 0.3) is 0 Å². The lowest BCUT2D eigenvalue weighted by molar-refractivity contribution is -0.137. The van der Waals surface area contributed by atoms with Gasteiger partial charge in [-0.05, 0) is 31.2 Å². The maximum absolute atomic E-state index is 13.7. The monoisotopic (exact) mass is 313 g/mol. The Labute approximate surface area is 123 Å². The van der Waals surface area contributed by atoms with Gasteiger partial charge in [-0.15, -0.1) is 0 Å². The van der Waals surface area contributed by atoms with Crippen LogP contribution in [-0.4, -0.2) is 15.9 Å². The third-order valence-corrected chi connectivity index (χ3v) is 2.87. The van der Waals surface area contributed by atoms with Gasteiger partial charge in [-0.25, -0.2) is 4.39 Å². The van der Waals surface area contributed by atoms with Crippen molar-refractivity contribution in [2.24, 2.45) is 5.16 Å². The molecule has 0 saturated carbocycles. The number of rotatable bonds is 3. The highest BCUT2D eigenvalue weighted by atomic mass is 19.4. The second-order valence-corrected chi connectivity index (χ2v) is 4.40. The summed E-state index contributed by atoms with van der Waals surface area (Å²) < 4.78 is 52.3. The molecule has 116 valence electrons. The molecule has 4 nitrogen and oxygen atoms in total. The van der Waals surface area contributed by atoms with Gasteiger partial charge in [-0.1, -0.05) is 11.2 Å². The van der Waals surface area contributed by atoms with E-state index in [1.807, 2.05) is 0 Å². The number of alkyl halides is 3. The molecular weight excluding hydrogens is 302 g/mol. The molecule has 0 saturated heterocycles. The van der Waals surface area contributed by atoms with Crippen molar-refractivity contribution in [2.75, 3.05) is 5.32 Å². The first-order chi connectivity index (χ1) is 10.3. The van der Waals surface area contributed by atoms with Gasteiger partial charge in [0.05, 0.1) is 28.8 Å². The number of nitrogens with zero attached hydrogens (tertiary/aromatic N) is 2. The van der Waals surface area contributed by atoms with E-state index in [4.69, 9.17) is 5.21 Å². The third kappa shape index (κ3) is 3.33. The summed E-state index contributed by atoms with van der Waals surface area (Å²) >= 11 is 0. The van der Waals surface area contributed by atoms with Gasteiger partial charge in [0, 0.05) is 0 Å². The van der Waals surface area contributed by atoms with Crippen LogP contribution in [0.5, 0.6) is 0 Å². The van der Waals surface area contributed by atoms with Gasteiger partial charge in [-0.2, -0.15) is 13.2 Å². The van der Waals surface area contributed by atoms with Crippen molar-refractivity contribution in [1.29, 1.82) is 0 Å². The molecule has 0 radical (unpaired) electrons. The fourth-order valence-corrected chi connectivity index (χ4v) is 1.76. The van der Waals surface area contributed by atoms with E-state index in [0.717, 1.165) is 18.2 Å². The maximum Gasteiger partial charge on any atom is 0.418 e. The van der Waals surface area contributed by atoms with Crippen LogP contribution in [0, 0.1) is 5.82 Å². The Morgan fingerprint density at radius 3 is 2.50 bits per heavy atom. The number of pyridine rings is 1. The number of benzene rings is 1. The molecule has 0 bridgehead atoms. The lowest BCUT2D eigenvalue weighted by Gasteiger charge is -2.15. The topological polar surface area (TPSA) is 57.5 Å². The minimum absolute atomic E-state index is 0.171. The molecule has 2 aromatic rings. The van der Waals surface area contributed by atoms with Crippen LogP contribution in [-0.2, 0) is 6.18 Å². The minimum atomic E-state index is -4.68. The molecule has 1 aromatic carbocycles. The van der Waals surface area contributed by atoms with E-state index in [0.29, 0.717) is 5.69 Å². The third-order valence-electron chi connectivity index (χ3n) is 2.87. The molecule has 8 heteroatoms. The molecule has 0 aliphatic heterocycles. The van der Waals surface area contributed by atoms with E-state index in [1.165, 1.54) is 25.3 Å². The molecule has 2 rings (SSSR count). The van der Waals surface area contributed by atoms with Crippen molar-refractivity contribution in [2.45, 2.75) is 13.1 Å². The van der Waals surface area contributed by atoms with E-state index in [2.05, 4.69) is 15.5 Å². The van der Waals surface area contributed by atoms with E-state index in [1.54, 1.807) is 0 Å². The Balaban J connectivity index is 2.35. The summed E-state index contributed by atoms with van der Waals surface area (Å²) in [5.74, 6) is -1.02. The van der Waals surface area contributed by atoms with Gasteiger partial charge in [-0.3, -0.25) is 4.98 Å². The lowest BCUT2D eigenvalue weighted by atomic mass is 10.1. The maximum atomic E-state index is 13.7. The molecule has 0 spiro atoms. The summed E-state index contributed by atoms with van der Waals surface area (Å²) in [4.78, 5) is 3.91. The van der Waals surface area contributed by atoms with Gasteiger partial charge in [0.2, 0.25) is 0 Å². The first-order valence-electron chi connectivity index (χ1n) is 6.10. The highest BCUT2D eigenvalue weighted by molar-refractivity contribution is 5.96. The zero-order chi connectivity index (χ0) is 16.3. The Morgan fingerprint density at radius 2 is 1.95 bits per heavy atom. The summed E-state index contributed by atoms with van der Waals surface area (Å²) in [6.07, 6.45) is -3.46. The largest absolute Gasteiger partial charge is 0.418 e. The fourth-order valence-electron chi connectivity index (χ4n) is 1.76. The smallest absolute Gasteiger partial charge is 0.411 e. The van der Waals surface area contributed by atoms with Gasteiger partial charge in [0.15, 0.2) is 0 Å². The molecule has 0 amide bonds. The molecule has 2 N–H and O–H groups in total. The van der Waals surface area contributed by atoms with Gasteiger partial charge >= 0.3 is 6.18 Å². The Morgan fingerprint density at radius 1 is 1.23 bits per heavy atom. The van der Waals surface area contributed by atoms with Crippen molar-refractivity contribution in [1.82, 2.24) is 4.98 Å². The number of para-hydroxylation sites is 1. The molecular formula is C14H11F4N3O. The normalized spacial score (nSPS) is 12.3. The van der Waals surface area contributed by atoms with Crippen LogP contribution in [0.15, 0.2) is 41.7 Å². The van der Waals surface area contributed by atoms with E-state index >= 15 is 0 Å². The average molecular weight is 313 g/mol. The molecule has 1 heterocycles. The van der Waals surface area contributed by atoms with Crippen LogP contribution >= 0.6 is 0 Å². The number of hydrogen-bond donors (Lipinski definition) is 2. The highest BCUT2D eigenvalue weighted by Crippen LogP contribution is 2.37. The van der Waals surface area contributed by atoms with Crippen LogP contribution in [0.2, 0.25) is 0 Å². The minimum Gasteiger partial charge on any atom is -0.411 e. The van der Waals surface area contributed by atoms with Crippen LogP contribution in [0.3, 0.4) is 0 Å². The van der Waals surface area contributed by atoms with E-state index in [9.17, 15) is 17.6 Å². The molecule has 0 atom stereocenters. The van der Waals surface area contributed by atoms with Crippen molar-refractivity contribution in [3.63, 3.8) is 0 Å². The quantitative estimate of drug-likeness (QED) is 0.387. The molecule has 1 aromatic heterocycles. The summed E-state index contributed by atoms with van der Waals surface area (Å²) in [5, 5.41) is 13.9. The predicted molar refractivity (Wildman–Crippen MR) is 72.9 cm³/mol. The van der Waals surface area contributed by atoms with Crippen LogP contribution < -0.4 is 5.32 Å². The summed E-state index contributed by atoms with van der Waals surface area (Å²) in [6.45, 7) is 1.51. The van der Waals surface area contributed by atoms with Gasteiger partial charge < -0.3 is 10.5 Å². The summed E-state index contributed by atoms with van der Waals surface area (Å²) in [5.41, 5.74) is -1.02. The second-order valence-electron chi connectivity index (χ2n) is 4.40. The van der Waals surface area contributed by atoms with Gasteiger partial charge in [0.1, 0.15) is 11.5 Å². The predicted octanol–water partition coefficient (Wildman–Crippen LogP) is 4.18. The standard InChI is InChI=1S/C14H11F4N3O/c1-8(21-22)12-6-5-9(7-19-12)20-13-10(14(16,17)18)3-2-4-11(13)15/h2-7,20,22H,1H3. The Kier molecular flexibility index (Phi) is 4.30.